The summed E-state index contributed by atoms with van der Waals surface area (Å²) >= 11 is 3.56. The molecule has 1 saturated heterocycles. The second kappa shape index (κ2) is 11.7. The monoisotopic (exact) mass is 570 g/mol. The van der Waals surface area contributed by atoms with Crippen LogP contribution in [0.15, 0.2) is 91.2 Å². The Morgan fingerprint density at radius 1 is 1.00 bits per heavy atom. The Morgan fingerprint density at radius 3 is 2.62 bits per heavy atom. The fraction of sp³-hybridized carbons (Fsp3) is 0.312. The highest BCUT2D eigenvalue weighted by Gasteiger charge is 2.23. The smallest absolute Gasteiger partial charge is 0.250 e. The predicted molar refractivity (Wildman–Crippen MR) is 165 cm³/mol. The average Bonchev–Trinajstić information content (AvgIpc) is 2.96. The average molecular weight is 571 g/mol. The minimum atomic E-state index is -0.0832. The van der Waals surface area contributed by atoms with Crippen LogP contribution < -0.4 is 15.8 Å². The van der Waals surface area contributed by atoms with Crippen molar-refractivity contribution < 1.29 is 4.74 Å². The first kappa shape index (κ1) is 27.0. The minimum Gasteiger partial charge on any atom is -0.378 e. The third-order valence-corrected chi connectivity index (χ3v) is 9.79. The zero-order valence-corrected chi connectivity index (χ0v) is 24.7. The van der Waals surface area contributed by atoms with Crippen LogP contribution in [0.5, 0.6) is 0 Å². The second-order valence-electron chi connectivity index (χ2n) is 10.8. The van der Waals surface area contributed by atoms with E-state index in [0.717, 1.165) is 47.8 Å². The molecule has 4 aromatic rings. The van der Waals surface area contributed by atoms with Gasteiger partial charge in [-0.15, -0.1) is 0 Å². The number of ether oxygens (including phenoxy) is 1. The van der Waals surface area contributed by atoms with Gasteiger partial charge in [-0.05, 0) is 61.2 Å². The SMILES string of the molecule is Cc1ccc(C(CC(C)C)Nc2ccc3c(c2)Sc2cccc(-c4cc(N5CCOCC5)cc(=O)[nH]4)c2S3)nc1. The van der Waals surface area contributed by atoms with Gasteiger partial charge in [0.2, 0.25) is 5.56 Å². The summed E-state index contributed by atoms with van der Waals surface area (Å²) in [5.41, 5.74) is 6.11. The molecule has 206 valence electrons. The summed E-state index contributed by atoms with van der Waals surface area (Å²) in [4.78, 5) is 27.5. The van der Waals surface area contributed by atoms with Crippen molar-refractivity contribution in [2.24, 2.45) is 5.92 Å². The molecular formula is C32H34N4O2S2. The van der Waals surface area contributed by atoms with Crippen LogP contribution in [0.2, 0.25) is 0 Å². The summed E-state index contributed by atoms with van der Waals surface area (Å²) in [6.07, 6.45) is 2.95. The van der Waals surface area contributed by atoms with Crippen molar-refractivity contribution in [3.63, 3.8) is 0 Å². The maximum absolute atomic E-state index is 12.7. The molecule has 1 unspecified atom stereocenters. The van der Waals surface area contributed by atoms with Crippen molar-refractivity contribution in [3.05, 3.63) is 88.5 Å². The van der Waals surface area contributed by atoms with Crippen LogP contribution in [0, 0.1) is 12.8 Å². The summed E-state index contributed by atoms with van der Waals surface area (Å²) in [6.45, 7) is 9.53. The molecule has 8 heteroatoms. The highest BCUT2D eigenvalue weighted by molar-refractivity contribution is 8.05. The van der Waals surface area contributed by atoms with Gasteiger partial charge in [0.05, 0.1) is 30.6 Å². The van der Waals surface area contributed by atoms with E-state index in [2.05, 4.69) is 90.6 Å². The molecular weight excluding hydrogens is 537 g/mol. The highest BCUT2D eigenvalue weighted by atomic mass is 32.2. The van der Waals surface area contributed by atoms with Crippen LogP contribution in [0.25, 0.3) is 11.3 Å². The Kier molecular flexibility index (Phi) is 7.91. The highest BCUT2D eigenvalue weighted by Crippen LogP contribution is 2.52. The van der Waals surface area contributed by atoms with E-state index in [0.29, 0.717) is 19.1 Å². The number of aromatic nitrogens is 2. The van der Waals surface area contributed by atoms with Crippen molar-refractivity contribution in [1.82, 2.24) is 9.97 Å². The molecule has 6 rings (SSSR count). The molecule has 2 aromatic heterocycles. The number of pyridine rings is 2. The maximum atomic E-state index is 12.7. The molecule has 0 amide bonds. The van der Waals surface area contributed by atoms with Gasteiger partial charge in [0.15, 0.2) is 0 Å². The molecule has 6 nitrogen and oxygen atoms in total. The Hall–Kier alpha value is -3.20. The molecule has 40 heavy (non-hydrogen) atoms. The maximum Gasteiger partial charge on any atom is 0.250 e. The van der Waals surface area contributed by atoms with Crippen LogP contribution in [-0.2, 0) is 4.74 Å². The lowest BCUT2D eigenvalue weighted by atomic mass is 10.00. The number of aryl methyl sites for hydroxylation is 1. The van der Waals surface area contributed by atoms with Gasteiger partial charge in [-0.3, -0.25) is 9.78 Å². The summed E-state index contributed by atoms with van der Waals surface area (Å²) in [5.74, 6) is 0.543. The number of hydrogen-bond donors (Lipinski definition) is 2. The Bertz CT molecular complexity index is 1560. The molecule has 2 aromatic carbocycles. The van der Waals surface area contributed by atoms with Crippen LogP contribution in [0.1, 0.15) is 37.6 Å². The lowest BCUT2D eigenvalue weighted by molar-refractivity contribution is 0.122. The normalized spacial score (nSPS) is 15.4. The first-order chi connectivity index (χ1) is 19.4. The Morgan fingerprint density at radius 2 is 1.85 bits per heavy atom. The fourth-order valence-electron chi connectivity index (χ4n) is 5.19. The number of morpholine rings is 1. The fourth-order valence-corrected chi connectivity index (χ4v) is 7.61. The number of anilines is 2. The van der Waals surface area contributed by atoms with E-state index in [1.807, 2.05) is 6.20 Å². The van der Waals surface area contributed by atoms with Crippen LogP contribution >= 0.6 is 23.5 Å². The van der Waals surface area contributed by atoms with Crippen molar-refractivity contribution in [3.8, 4) is 11.3 Å². The molecule has 0 aliphatic carbocycles. The van der Waals surface area contributed by atoms with Gasteiger partial charge in [-0.25, -0.2) is 0 Å². The van der Waals surface area contributed by atoms with Gasteiger partial charge in [-0.2, -0.15) is 0 Å². The topological polar surface area (TPSA) is 70.2 Å². The third-order valence-electron chi connectivity index (χ3n) is 7.19. The second-order valence-corrected chi connectivity index (χ2v) is 12.9. The summed E-state index contributed by atoms with van der Waals surface area (Å²) in [6, 6.07) is 21.2. The Balaban J connectivity index is 1.27. The van der Waals surface area contributed by atoms with Crippen LogP contribution in [0.3, 0.4) is 0 Å². The predicted octanol–water partition coefficient (Wildman–Crippen LogP) is 7.40. The number of rotatable bonds is 7. The van der Waals surface area contributed by atoms with Crippen LogP contribution in [0.4, 0.5) is 11.4 Å². The molecule has 1 atom stereocenters. The van der Waals surface area contributed by atoms with Crippen molar-refractivity contribution in [2.45, 2.75) is 52.8 Å². The van der Waals surface area contributed by atoms with Crippen molar-refractivity contribution in [1.29, 1.82) is 0 Å². The number of hydrogen-bond acceptors (Lipinski definition) is 7. The van der Waals surface area contributed by atoms with Crippen LogP contribution in [-0.4, -0.2) is 36.3 Å². The van der Waals surface area contributed by atoms with Gasteiger partial charge in [-0.1, -0.05) is 55.6 Å². The van der Waals surface area contributed by atoms with Gasteiger partial charge in [0.25, 0.3) is 0 Å². The zero-order valence-electron chi connectivity index (χ0n) is 23.1. The quantitative estimate of drug-likeness (QED) is 0.211. The van der Waals surface area contributed by atoms with E-state index in [4.69, 9.17) is 9.72 Å². The van der Waals surface area contributed by atoms with Gasteiger partial charge < -0.3 is 19.9 Å². The van der Waals surface area contributed by atoms with Crippen molar-refractivity contribution >= 4 is 34.9 Å². The number of H-pyrrole nitrogens is 1. The number of fused-ring (bicyclic) bond motifs is 2. The number of nitrogens with zero attached hydrogens (tertiary/aromatic N) is 2. The van der Waals surface area contributed by atoms with E-state index in [9.17, 15) is 4.79 Å². The Labute approximate surface area is 244 Å². The summed E-state index contributed by atoms with van der Waals surface area (Å²) in [5, 5.41) is 3.76. The number of benzene rings is 2. The van der Waals surface area contributed by atoms with Gasteiger partial charge >= 0.3 is 0 Å². The van der Waals surface area contributed by atoms with E-state index in [-0.39, 0.29) is 11.6 Å². The molecule has 2 N–H and O–H groups in total. The standard InChI is InChI=1S/C32H34N4O2S2/c1-20(2)15-27(25-9-7-21(3)19-33-25)34-22-8-10-28-30(16-22)39-29-6-4-5-24(32(29)40-28)26-17-23(18-31(37)35-26)36-11-13-38-14-12-36/h4-10,16-20,27,34H,11-15H2,1-3H3,(H,35,37). The third kappa shape index (κ3) is 5.94. The molecule has 0 spiro atoms. The summed E-state index contributed by atoms with van der Waals surface area (Å²) < 4.78 is 5.51. The molecule has 0 saturated carbocycles. The van der Waals surface area contributed by atoms with E-state index >= 15 is 0 Å². The first-order valence-electron chi connectivity index (χ1n) is 13.8. The largest absolute Gasteiger partial charge is 0.378 e. The molecule has 0 radical (unpaired) electrons. The first-order valence-corrected chi connectivity index (χ1v) is 15.5. The lowest BCUT2D eigenvalue weighted by Gasteiger charge is -2.29. The molecule has 4 heterocycles. The molecule has 1 fully saturated rings. The van der Waals surface area contributed by atoms with Gasteiger partial charge in [0, 0.05) is 61.9 Å². The van der Waals surface area contributed by atoms with Crippen molar-refractivity contribution in [2.75, 3.05) is 36.5 Å². The minimum absolute atomic E-state index is 0.0832. The summed E-state index contributed by atoms with van der Waals surface area (Å²) in [7, 11) is 0. The van der Waals surface area contributed by atoms with E-state index < -0.39 is 0 Å². The number of aromatic amines is 1. The number of nitrogens with one attached hydrogen (secondary N) is 2. The zero-order chi connectivity index (χ0) is 27.6. The van der Waals surface area contributed by atoms with E-state index in [1.165, 1.54) is 25.1 Å². The molecule has 2 aliphatic heterocycles. The lowest BCUT2D eigenvalue weighted by Crippen LogP contribution is -2.36. The molecule has 0 bridgehead atoms. The van der Waals surface area contributed by atoms with E-state index in [1.54, 1.807) is 29.6 Å². The molecule has 2 aliphatic rings. The van der Waals surface area contributed by atoms with Gasteiger partial charge in [0.1, 0.15) is 0 Å².